The number of aromatic nitrogens is 2. The van der Waals surface area contributed by atoms with Gasteiger partial charge in [-0.3, -0.25) is 9.52 Å². The molecular weight excluding hydrogens is 538 g/mol. The SMILES string of the molecule is COc1cc(Nc2nc3ccccc3nc2NS(=O)(=O)c2cccc(NC(=O)c3ccsc3)c2)cc(OC)c1. The monoisotopic (exact) mass is 561 g/mol. The van der Waals surface area contributed by atoms with Crippen LogP contribution >= 0.6 is 11.3 Å². The molecule has 0 atom stereocenters. The Bertz CT molecular complexity index is 1740. The molecule has 12 heteroatoms. The Morgan fingerprint density at radius 2 is 1.51 bits per heavy atom. The van der Waals surface area contributed by atoms with Gasteiger partial charge in [-0.2, -0.15) is 11.3 Å². The smallest absolute Gasteiger partial charge is 0.263 e. The molecule has 2 heterocycles. The highest BCUT2D eigenvalue weighted by molar-refractivity contribution is 7.92. The summed E-state index contributed by atoms with van der Waals surface area (Å²) < 4.78 is 40.1. The Kier molecular flexibility index (Phi) is 7.30. The fraction of sp³-hybridized carbons (Fsp3) is 0.0741. The van der Waals surface area contributed by atoms with E-state index in [4.69, 9.17) is 9.47 Å². The largest absolute Gasteiger partial charge is 0.497 e. The maximum atomic E-state index is 13.5. The van der Waals surface area contributed by atoms with Gasteiger partial charge in [0.2, 0.25) is 0 Å². The van der Waals surface area contributed by atoms with E-state index >= 15 is 0 Å². The molecular formula is C27H23N5O5S2. The number of nitrogens with zero attached hydrogens (tertiary/aromatic N) is 2. The molecule has 0 spiro atoms. The fourth-order valence-electron chi connectivity index (χ4n) is 3.70. The fourth-order valence-corrected chi connectivity index (χ4v) is 5.39. The first-order valence-corrected chi connectivity index (χ1v) is 14.0. The molecule has 0 unspecified atom stereocenters. The molecule has 0 saturated heterocycles. The van der Waals surface area contributed by atoms with Gasteiger partial charge in [-0.15, -0.1) is 0 Å². The highest BCUT2D eigenvalue weighted by Gasteiger charge is 2.20. The van der Waals surface area contributed by atoms with Crippen LogP contribution in [0.3, 0.4) is 0 Å². The number of anilines is 4. The molecule has 0 aliphatic rings. The van der Waals surface area contributed by atoms with Gasteiger partial charge in [0.25, 0.3) is 15.9 Å². The quantitative estimate of drug-likeness (QED) is 0.215. The molecule has 0 aliphatic heterocycles. The van der Waals surface area contributed by atoms with Crippen molar-refractivity contribution in [3.05, 3.63) is 89.1 Å². The van der Waals surface area contributed by atoms with Gasteiger partial charge in [0.15, 0.2) is 11.6 Å². The second-order valence-electron chi connectivity index (χ2n) is 8.24. The Morgan fingerprint density at radius 1 is 0.821 bits per heavy atom. The van der Waals surface area contributed by atoms with Crippen molar-refractivity contribution >= 4 is 61.3 Å². The van der Waals surface area contributed by atoms with Crippen LogP contribution in [0.2, 0.25) is 0 Å². The zero-order valence-electron chi connectivity index (χ0n) is 20.8. The number of amides is 1. The highest BCUT2D eigenvalue weighted by atomic mass is 32.2. The summed E-state index contributed by atoms with van der Waals surface area (Å²) in [6.45, 7) is 0. The maximum absolute atomic E-state index is 13.5. The number of hydrogen-bond donors (Lipinski definition) is 3. The molecule has 2 aromatic heterocycles. The number of sulfonamides is 1. The van der Waals surface area contributed by atoms with E-state index in [2.05, 4.69) is 25.3 Å². The van der Waals surface area contributed by atoms with E-state index in [1.807, 2.05) is 6.07 Å². The van der Waals surface area contributed by atoms with Crippen LogP contribution in [0.15, 0.2) is 88.5 Å². The number of carbonyl (C=O) groups is 1. The number of benzene rings is 3. The van der Waals surface area contributed by atoms with E-state index in [1.165, 1.54) is 37.7 Å². The van der Waals surface area contributed by atoms with Gasteiger partial charge >= 0.3 is 0 Å². The molecule has 0 bridgehead atoms. The molecule has 10 nitrogen and oxygen atoms in total. The first-order chi connectivity index (χ1) is 18.8. The normalized spacial score (nSPS) is 11.1. The van der Waals surface area contributed by atoms with E-state index < -0.39 is 10.0 Å². The number of thiophene rings is 1. The van der Waals surface area contributed by atoms with E-state index in [0.29, 0.717) is 39.5 Å². The van der Waals surface area contributed by atoms with Gasteiger partial charge in [0.1, 0.15) is 11.5 Å². The Morgan fingerprint density at radius 3 is 2.15 bits per heavy atom. The van der Waals surface area contributed by atoms with Gasteiger partial charge in [-0.25, -0.2) is 18.4 Å². The van der Waals surface area contributed by atoms with Crippen LogP contribution in [-0.2, 0) is 10.0 Å². The first-order valence-electron chi connectivity index (χ1n) is 11.6. The first kappa shape index (κ1) is 25.9. The van der Waals surface area contributed by atoms with Gasteiger partial charge in [-0.1, -0.05) is 18.2 Å². The standard InChI is InChI=1S/C27H23N5O5S2/c1-36-20-12-19(13-21(15-20)37-2)28-25-26(31-24-9-4-3-8-23(24)30-25)32-39(34,35)22-7-5-6-18(14-22)29-27(33)17-10-11-38-16-17/h3-16H,1-2H3,(H,28,30)(H,29,33)(H,31,32). The molecule has 0 fully saturated rings. The molecule has 3 aromatic carbocycles. The lowest BCUT2D eigenvalue weighted by molar-refractivity contribution is 0.102. The van der Waals surface area contributed by atoms with Crippen molar-refractivity contribution in [2.24, 2.45) is 0 Å². The molecule has 5 rings (SSSR count). The van der Waals surface area contributed by atoms with Gasteiger partial charge < -0.3 is 20.1 Å². The van der Waals surface area contributed by atoms with Crippen molar-refractivity contribution in [2.75, 3.05) is 29.6 Å². The molecule has 5 aromatic rings. The lowest BCUT2D eigenvalue weighted by Crippen LogP contribution is -2.17. The third-order valence-electron chi connectivity index (χ3n) is 5.60. The van der Waals surface area contributed by atoms with Crippen LogP contribution in [-0.4, -0.2) is 38.5 Å². The molecule has 0 radical (unpaired) electrons. The summed E-state index contributed by atoms with van der Waals surface area (Å²) in [6, 6.07) is 19.9. The lowest BCUT2D eigenvalue weighted by atomic mass is 10.2. The summed E-state index contributed by atoms with van der Waals surface area (Å²) in [7, 11) is -1.06. The predicted octanol–water partition coefficient (Wildman–Crippen LogP) is 5.51. The molecule has 0 saturated carbocycles. The third kappa shape index (κ3) is 5.92. The average Bonchev–Trinajstić information content (AvgIpc) is 3.48. The van der Waals surface area contributed by atoms with Crippen LogP contribution in [0.25, 0.3) is 11.0 Å². The van der Waals surface area contributed by atoms with Crippen molar-refractivity contribution in [3.63, 3.8) is 0 Å². The van der Waals surface area contributed by atoms with Crippen molar-refractivity contribution in [3.8, 4) is 11.5 Å². The highest BCUT2D eigenvalue weighted by Crippen LogP contribution is 2.31. The zero-order valence-corrected chi connectivity index (χ0v) is 22.5. The zero-order chi connectivity index (χ0) is 27.4. The molecule has 198 valence electrons. The van der Waals surface area contributed by atoms with Crippen LogP contribution in [0.5, 0.6) is 11.5 Å². The van der Waals surface area contributed by atoms with Crippen molar-refractivity contribution in [2.45, 2.75) is 4.90 Å². The summed E-state index contributed by atoms with van der Waals surface area (Å²) in [5.74, 6) is 0.903. The summed E-state index contributed by atoms with van der Waals surface area (Å²) >= 11 is 1.39. The van der Waals surface area contributed by atoms with Crippen LogP contribution in [0, 0.1) is 0 Å². The minimum atomic E-state index is -4.13. The Hall–Kier alpha value is -4.68. The number of ether oxygens (including phenoxy) is 2. The summed E-state index contributed by atoms with van der Waals surface area (Å²) in [5, 5.41) is 9.35. The molecule has 1 amide bonds. The number of rotatable bonds is 9. The number of nitrogens with one attached hydrogen (secondary N) is 3. The molecule has 39 heavy (non-hydrogen) atoms. The van der Waals surface area contributed by atoms with Crippen LogP contribution < -0.4 is 24.8 Å². The van der Waals surface area contributed by atoms with Gasteiger partial charge in [-0.05, 0) is 41.8 Å². The van der Waals surface area contributed by atoms with Crippen molar-refractivity contribution in [1.82, 2.24) is 9.97 Å². The molecule has 0 aliphatic carbocycles. The van der Waals surface area contributed by atoms with Crippen LogP contribution in [0.4, 0.5) is 23.0 Å². The van der Waals surface area contributed by atoms with Gasteiger partial charge in [0, 0.05) is 35.0 Å². The maximum Gasteiger partial charge on any atom is 0.263 e. The number of fused-ring (bicyclic) bond motifs is 1. The number of hydrogen-bond acceptors (Lipinski definition) is 9. The van der Waals surface area contributed by atoms with E-state index in [9.17, 15) is 13.2 Å². The number of para-hydroxylation sites is 2. The van der Waals surface area contributed by atoms with Crippen molar-refractivity contribution in [1.29, 1.82) is 0 Å². The summed E-state index contributed by atoms with van der Waals surface area (Å²) in [5.41, 5.74) is 2.44. The number of carbonyl (C=O) groups excluding carboxylic acids is 1. The molecule has 3 N–H and O–H groups in total. The summed E-state index contributed by atoms with van der Waals surface area (Å²) in [4.78, 5) is 21.5. The van der Waals surface area contributed by atoms with E-state index in [1.54, 1.807) is 65.4 Å². The number of methoxy groups -OCH3 is 2. The third-order valence-corrected chi connectivity index (χ3v) is 7.62. The Balaban J connectivity index is 1.49. The van der Waals surface area contributed by atoms with Crippen LogP contribution in [0.1, 0.15) is 10.4 Å². The van der Waals surface area contributed by atoms with Gasteiger partial charge in [0.05, 0.1) is 35.7 Å². The average molecular weight is 562 g/mol. The second kappa shape index (κ2) is 11.0. The Labute approximate surface area is 228 Å². The van der Waals surface area contributed by atoms with E-state index in [0.717, 1.165) is 0 Å². The minimum Gasteiger partial charge on any atom is -0.497 e. The lowest BCUT2D eigenvalue weighted by Gasteiger charge is -2.15. The minimum absolute atomic E-state index is 0.0109. The predicted molar refractivity (Wildman–Crippen MR) is 152 cm³/mol. The van der Waals surface area contributed by atoms with E-state index in [-0.39, 0.29) is 22.4 Å². The van der Waals surface area contributed by atoms with Crippen molar-refractivity contribution < 1.29 is 22.7 Å². The topological polar surface area (TPSA) is 132 Å². The second-order valence-corrected chi connectivity index (χ2v) is 10.7. The summed E-state index contributed by atoms with van der Waals surface area (Å²) in [6.07, 6.45) is 0.